The summed E-state index contributed by atoms with van der Waals surface area (Å²) in [5.41, 5.74) is 1.40. The summed E-state index contributed by atoms with van der Waals surface area (Å²) in [7, 11) is 1.31. The molecule has 1 amide bonds. The lowest BCUT2D eigenvalue weighted by Gasteiger charge is -2.36. The topological polar surface area (TPSA) is 61.9 Å². The van der Waals surface area contributed by atoms with Gasteiger partial charge in [0.05, 0.1) is 24.0 Å². The van der Waals surface area contributed by atoms with Crippen molar-refractivity contribution in [3.8, 4) is 0 Å². The quantitative estimate of drug-likeness (QED) is 0.775. The van der Waals surface area contributed by atoms with Crippen molar-refractivity contribution in [2.24, 2.45) is 0 Å². The number of piperazine rings is 1. The van der Waals surface area contributed by atoms with Gasteiger partial charge in [-0.3, -0.25) is 9.69 Å². The van der Waals surface area contributed by atoms with Gasteiger partial charge in [0.2, 0.25) is 5.91 Å². The van der Waals surface area contributed by atoms with Gasteiger partial charge < -0.3 is 15.0 Å². The first-order valence-corrected chi connectivity index (χ1v) is 9.27. The Balaban J connectivity index is 1.48. The number of ether oxygens (including phenoxy) is 1. The predicted molar refractivity (Wildman–Crippen MR) is 106 cm³/mol. The van der Waals surface area contributed by atoms with E-state index in [-0.39, 0.29) is 11.7 Å². The Kier molecular flexibility index (Phi) is 6.60. The number of para-hydroxylation sites is 2. The minimum atomic E-state index is -0.486. The monoisotopic (exact) mass is 385 g/mol. The second-order valence-electron chi connectivity index (χ2n) is 6.62. The molecule has 6 nitrogen and oxygen atoms in total. The Labute approximate surface area is 163 Å². The van der Waals surface area contributed by atoms with Crippen LogP contribution in [0.3, 0.4) is 0 Å². The largest absolute Gasteiger partial charge is 0.465 e. The summed E-state index contributed by atoms with van der Waals surface area (Å²) in [5, 5.41) is 2.78. The number of hydrogen-bond acceptors (Lipinski definition) is 5. The van der Waals surface area contributed by atoms with E-state index < -0.39 is 5.97 Å². The standard InChI is InChI=1S/C21H24FN3O3/c1-28-21(27)16-6-2-4-8-18(16)23-20(26)10-11-24-12-14-25(15-13-24)19-9-5-3-7-17(19)22/h2-9H,10-15H2,1H3,(H,23,26). The third-order valence-electron chi connectivity index (χ3n) is 4.83. The highest BCUT2D eigenvalue weighted by molar-refractivity contribution is 6.01. The zero-order valence-corrected chi connectivity index (χ0v) is 15.9. The molecular weight excluding hydrogens is 361 g/mol. The van der Waals surface area contributed by atoms with E-state index in [1.807, 2.05) is 11.0 Å². The Hall–Kier alpha value is -2.93. The molecule has 28 heavy (non-hydrogen) atoms. The second-order valence-corrected chi connectivity index (χ2v) is 6.62. The van der Waals surface area contributed by atoms with Crippen LogP contribution in [0.25, 0.3) is 0 Å². The van der Waals surface area contributed by atoms with E-state index in [4.69, 9.17) is 4.74 Å². The molecule has 0 aliphatic carbocycles. The maximum absolute atomic E-state index is 13.9. The number of amides is 1. The van der Waals surface area contributed by atoms with Crippen molar-refractivity contribution in [2.75, 3.05) is 50.1 Å². The van der Waals surface area contributed by atoms with Crippen molar-refractivity contribution in [3.05, 3.63) is 59.9 Å². The molecule has 0 unspecified atom stereocenters. The summed E-state index contributed by atoms with van der Waals surface area (Å²) in [5.74, 6) is -0.854. The molecule has 0 atom stereocenters. The van der Waals surface area contributed by atoms with Gasteiger partial charge in [0.15, 0.2) is 0 Å². The molecule has 2 aromatic rings. The Morgan fingerprint density at radius 3 is 2.43 bits per heavy atom. The molecule has 0 aromatic heterocycles. The van der Waals surface area contributed by atoms with Crippen molar-refractivity contribution in [3.63, 3.8) is 0 Å². The van der Waals surface area contributed by atoms with E-state index in [1.54, 1.807) is 36.4 Å². The van der Waals surface area contributed by atoms with E-state index in [9.17, 15) is 14.0 Å². The predicted octanol–water partition coefficient (Wildman–Crippen LogP) is 2.76. The van der Waals surface area contributed by atoms with Crippen LogP contribution in [0.2, 0.25) is 0 Å². The average molecular weight is 385 g/mol. The fraction of sp³-hybridized carbons (Fsp3) is 0.333. The van der Waals surface area contributed by atoms with Gasteiger partial charge in [-0.15, -0.1) is 0 Å². The van der Waals surface area contributed by atoms with Crippen LogP contribution in [0.4, 0.5) is 15.8 Å². The van der Waals surface area contributed by atoms with E-state index in [0.29, 0.717) is 43.0 Å². The number of benzene rings is 2. The maximum atomic E-state index is 13.9. The first kappa shape index (κ1) is 19.8. The number of nitrogens with one attached hydrogen (secondary N) is 1. The van der Waals surface area contributed by atoms with Gasteiger partial charge in [-0.25, -0.2) is 9.18 Å². The molecule has 2 aromatic carbocycles. The van der Waals surface area contributed by atoms with Crippen LogP contribution in [-0.4, -0.2) is 56.6 Å². The molecular formula is C21H24FN3O3. The third-order valence-corrected chi connectivity index (χ3v) is 4.83. The molecule has 148 valence electrons. The first-order valence-electron chi connectivity index (χ1n) is 9.27. The summed E-state index contributed by atoms with van der Waals surface area (Å²) >= 11 is 0. The number of halogens is 1. The van der Waals surface area contributed by atoms with Gasteiger partial charge in [-0.1, -0.05) is 24.3 Å². The van der Waals surface area contributed by atoms with Gasteiger partial charge in [-0.05, 0) is 24.3 Å². The van der Waals surface area contributed by atoms with E-state index in [1.165, 1.54) is 13.2 Å². The van der Waals surface area contributed by atoms with Gasteiger partial charge in [0.1, 0.15) is 5.82 Å². The Morgan fingerprint density at radius 2 is 1.71 bits per heavy atom. The average Bonchev–Trinajstić information content (AvgIpc) is 2.73. The molecule has 1 saturated heterocycles. The fourth-order valence-electron chi connectivity index (χ4n) is 3.27. The summed E-state index contributed by atoms with van der Waals surface area (Å²) in [6, 6.07) is 13.5. The number of hydrogen-bond donors (Lipinski definition) is 1. The van der Waals surface area contributed by atoms with Gasteiger partial charge in [-0.2, -0.15) is 0 Å². The second kappa shape index (κ2) is 9.32. The molecule has 1 N–H and O–H groups in total. The van der Waals surface area contributed by atoms with Crippen LogP contribution in [0, 0.1) is 5.82 Å². The highest BCUT2D eigenvalue weighted by Gasteiger charge is 2.20. The number of rotatable bonds is 6. The SMILES string of the molecule is COC(=O)c1ccccc1NC(=O)CCN1CCN(c2ccccc2F)CC1. The van der Waals surface area contributed by atoms with Crippen LogP contribution in [0.5, 0.6) is 0 Å². The van der Waals surface area contributed by atoms with Crippen LogP contribution < -0.4 is 10.2 Å². The number of carbonyl (C=O) groups excluding carboxylic acids is 2. The number of esters is 1. The first-order chi connectivity index (χ1) is 13.6. The van der Waals surface area contributed by atoms with E-state index in [0.717, 1.165) is 13.1 Å². The van der Waals surface area contributed by atoms with Crippen molar-refractivity contribution in [1.29, 1.82) is 0 Å². The van der Waals surface area contributed by atoms with Crippen molar-refractivity contribution >= 4 is 23.3 Å². The number of nitrogens with zero attached hydrogens (tertiary/aromatic N) is 2. The van der Waals surface area contributed by atoms with E-state index in [2.05, 4.69) is 10.2 Å². The lowest BCUT2D eigenvalue weighted by molar-refractivity contribution is -0.116. The highest BCUT2D eigenvalue weighted by Crippen LogP contribution is 2.20. The van der Waals surface area contributed by atoms with Gasteiger partial charge in [0.25, 0.3) is 0 Å². The highest BCUT2D eigenvalue weighted by atomic mass is 19.1. The smallest absolute Gasteiger partial charge is 0.339 e. The molecule has 7 heteroatoms. The molecule has 1 aliphatic rings. The van der Waals surface area contributed by atoms with Crippen LogP contribution in [0.1, 0.15) is 16.8 Å². The molecule has 0 saturated carbocycles. The van der Waals surface area contributed by atoms with E-state index >= 15 is 0 Å². The van der Waals surface area contributed by atoms with Gasteiger partial charge >= 0.3 is 5.97 Å². The van der Waals surface area contributed by atoms with Crippen molar-refractivity contribution in [1.82, 2.24) is 4.90 Å². The molecule has 0 spiro atoms. The minimum absolute atomic E-state index is 0.159. The molecule has 1 heterocycles. The molecule has 0 bridgehead atoms. The normalized spacial score (nSPS) is 14.6. The molecule has 1 fully saturated rings. The van der Waals surface area contributed by atoms with Crippen LogP contribution >= 0.6 is 0 Å². The lowest BCUT2D eigenvalue weighted by atomic mass is 10.1. The minimum Gasteiger partial charge on any atom is -0.465 e. The number of anilines is 2. The molecule has 3 rings (SSSR count). The number of carbonyl (C=O) groups is 2. The van der Waals surface area contributed by atoms with Crippen molar-refractivity contribution < 1.29 is 18.7 Å². The Bertz CT molecular complexity index is 835. The summed E-state index contributed by atoms with van der Waals surface area (Å²) in [6.07, 6.45) is 0.315. The summed E-state index contributed by atoms with van der Waals surface area (Å²) in [4.78, 5) is 28.3. The van der Waals surface area contributed by atoms with Crippen LogP contribution in [-0.2, 0) is 9.53 Å². The summed E-state index contributed by atoms with van der Waals surface area (Å²) < 4.78 is 18.6. The number of methoxy groups -OCH3 is 1. The fourth-order valence-corrected chi connectivity index (χ4v) is 3.27. The zero-order chi connectivity index (χ0) is 19.9. The van der Waals surface area contributed by atoms with Crippen molar-refractivity contribution in [2.45, 2.75) is 6.42 Å². The van der Waals surface area contributed by atoms with Gasteiger partial charge in [0, 0.05) is 39.1 Å². The zero-order valence-electron chi connectivity index (χ0n) is 15.9. The maximum Gasteiger partial charge on any atom is 0.339 e. The Morgan fingerprint density at radius 1 is 1.04 bits per heavy atom. The summed E-state index contributed by atoms with van der Waals surface area (Å²) in [6.45, 7) is 3.57. The van der Waals surface area contributed by atoms with Crippen LogP contribution in [0.15, 0.2) is 48.5 Å². The third kappa shape index (κ3) is 4.86. The molecule has 1 aliphatic heterocycles. The lowest BCUT2D eigenvalue weighted by Crippen LogP contribution is -2.47. The molecule has 0 radical (unpaired) electrons.